The molecular weight excluding hydrogens is 376 g/mol. The van der Waals surface area contributed by atoms with Crippen LogP contribution in [0.2, 0.25) is 5.02 Å². The van der Waals surface area contributed by atoms with Crippen LogP contribution in [0.1, 0.15) is 22.8 Å². The molecule has 0 spiro atoms. The third-order valence-corrected chi connectivity index (χ3v) is 5.09. The lowest BCUT2D eigenvalue weighted by Gasteiger charge is -2.22. The van der Waals surface area contributed by atoms with Crippen molar-refractivity contribution in [1.82, 2.24) is 0 Å². The monoisotopic (exact) mass is 394 g/mol. The Balaban J connectivity index is 2.22. The molecule has 0 aliphatic rings. The summed E-state index contributed by atoms with van der Waals surface area (Å²) in [5.41, 5.74) is 2.09. The Morgan fingerprint density at radius 3 is 2.23 bits per heavy atom. The molecule has 0 unspecified atom stereocenters. The van der Waals surface area contributed by atoms with Crippen LogP contribution in [0.25, 0.3) is 0 Å². The maximum atomic E-state index is 12.4. The number of amides is 1. The molecule has 0 aromatic heterocycles. The van der Waals surface area contributed by atoms with Crippen molar-refractivity contribution in [2.75, 3.05) is 22.4 Å². The Kier molecular flexibility index (Phi) is 6.05. The van der Waals surface area contributed by atoms with Gasteiger partial charge in [0.05, 0.1) is 11.9 Å². The summed E-state index contributed by atoms with van der Waals surface area (Å²) in [6.45, 7) is 2.82. The average Bonchev–Trinajstić information content (AvgIpc) is 2.54. The van der Waals surface area contributed by atoms with Crippen LogP contribution in [-0.2, 0) is 14.8 Å². The minimum absolute atomic E-state index is 0.126. The first-order valence-corrected chi connectivity index (χ1v) is 9.95. The van der Waals surface area contributed by atoms with E-state index in [1.165, 1.54) is 31.2 Å². The predicted molar refractivity (Wildman–Crippen MR) is 103 cm³/mol. The first kappa shape index (κ1) is 19.9. The van der Waals surface area contributed by atoms with Crippen molar-refractivity contribution >= 4 is 44.7 Å². The molecule has 0 fully saturated rings. The Labute approximate surface area is 157 Å². The van der Waals surface area contributed by atoms with Gasteiger partial charge in [0.15, 0.2) is 5.78 Å². The molecule has 0 aliphatic carbocycles. The van der Waals surface area contributed by atoms with Crippen LogP contribution in [0.3, 0.4) is 0 Å². The third-order valence-electron chi connectivity index (χ3n) is 3.71. The average molecular weight is 395 g/mol. The summed E-state index contributed by atoms with van der Waals surface area (Å²) in [5.74, 6) is -0.616. The van der Waals surface area contributed by atoms with Crippen LogP contribution in [0, 0.1) is 6.92 Å². The van der Waals surface area contributed by atoms with Crippen LogP contribution in [0.4, 0.5) is 11.4 Å². The Bertz CT molecular complexity index is 940. The van der Waals surface area contributed by atoms with Crippen LogP contribution >= 0.6 is 11.6 Å². The van der Waals surface area contributed by atoms with Gasteiger partial charge >= 0.3 is 0 Å². The minimum atomic E-state index is -3.69. The lowest BCUT2D eigenvalue weighted by molar-refractivity contribution is -0.114. The van der Waals surface area contributed by atoms with Gasteiger partial charge in [-0.05, 0) is 61.9 Å². The molecule has 0 aliphatic heterocycles. The number of rotatable bonds is 6. The normalized spacial score (nSPS) is 11.1. The van der Waals surface area contributed by atoms with Crippen molar-refractivity contribution in [1.29, 1.82) is 0 Å². The molecule has 26 heavy (non-hydrogen) atoms. The number of halogens is 1. The second-order valence-electron chi connectivity index (χ2n) is 5.88. The van der Waals surface area contributed by atoms with Crippen LogP contribution in [-0.4, -0.2) is 32.9 Å². The number of ketones is 1. The predicted octanol–water partition coefficient (Wildman–Crippen LogP) is 3.26. The van der Waals surface area contributed by atoms with Gasteiger partial charge in [-0.15, -0.1) is 0 Å². The number of hydrogen-bond acceptors (Lipinski definition) is 4. The molecule has 0 heterocycles. The van der Waals surface area contributed by atoms with Crippen LogP contribution in [0.5, 0.6) is 0 Å². The van der Waals surface area contributed by atoms with Crippen molar-refractivity contribution in [3.63, 3.8) is 0 Å². The summed E-state index contributed by atoms with van der Waals surface area (Å²) >= 11 is 5.89. The van der Waals surface area contributed by atoms with Gasteiger partial charge in [-0.2, -0.15) is 0 Å². The molecule has 0 atom stereocenters. The molecule has 1 amide bonds. The van der Waals surface area contributed by atoms with Crippen molar-refractivity contribution in [3.8, 4) is 0 Å². The fourth-order valence-electron chi connectivity index (χ4n) is 2.35. The third kappa shape index (κ3) is 5.06. The number of nitrogens with one attached hydrogen (secondary N) is 1. The SMILES string of the molecule is CC(=O)c1ccc(N(CC(=O)Nc2ccc(Cl)cc2C)S(C)(=O)=O)cc1. The number of aryl methyl sites for hydroxylation is 1. The van der Waals surface area contributed by atoms with Gasteiger partial charge in [0.1, 0.15) is 6.54 Å². The molecule has 138 valence electrons. The highest BCUT2D eigenvalue weighted by Crippen LogP contribution is 2.21. The maximum Gasteiger partial charge on any atom is 0.245 e. The summed E-state index contributed by atoms with van der Waals surface area (Å²) in [4.78, 5) is 23.7. The second kappa shape index (κ2) is 7.88. The summed E-state index contributed by atoms with van der Waals surface area (Å²) in [7, 11) is -3.69. The molecule has 0 saturated heterocycles. The van der Waals surface area contributed by atoms with E-state index in [0.717, 1.165) is 16.1 Å². The zero-order chi connectivity index (χ0) is 19.5. The zero-order valence-corrected chi connectivity index (χ0v) is 16.2. The molecule has 2 aromatic carbocycles. The highest BCUT2D eigenvalue weighted by molar-refractivity contribution is 7.92. The fraction of sp³-hybridized carbons (Fsp3) is 0.222. The number of anilines is 2. The first-order valence-electron chi connectivity index (χ1n) is 7.72. The molecular formula is C18H19ClN2O4S. The van der Waals surface area contributed by atoms with E-state index < -0.39 is 15.9 Å². The summed E-state index contributed by atoms with van der Waals surface area (Å²) in [5, 5.41) is 3.23. The highest BCUT2D eigenvalue weighted by atomic mass is 35.5. The molecule has 0 bridgehead atoms. The largest absolute Gasteiger partial charge is 0.324 e. The molecule has 2 rings (SSSR count). The van der Waals surface area contributed by atoms with E-state index in [9.17, 15) is 18.0 Å². The van der Waals surface area contributed by atoms with Gasteiger partial charge < -0.3 is 5.32 Å². The van der Waals surface area contributed by atoms with Crippen molar-refractivity contribution in [3.05, 3.63) is 58.6 Å². The number of hydrogen-bond donors (Lipinski definition) is 1. The summed E-state index contributed by atoms with van der Waals surface area (Å²) < 4.78 is 25.2. The summed E-state index contributed by atoms with van der Waals surface area (Å²) in [6.07, 6.45) is 1.02. The van der Waals surface area contributed by atoms with E-state index in [1.54, 1.807) is 25.1 Å². The maximum absolute atomic E-state index is 12.4. The van der Waals surface area contributed by atoms with Crippen molar-refractivity contribution < 1.29 is 18.0 Å². The van der Waals surface area contributed by atoms with E-state index in [0.29, 0.717) is 22.0 Å². The number of benzene rings is 2. The molecule has 0 radical (unpaired) electrons. The Morgan fingerprint density at radius 1 is 1.12 bits per heavy atom. The smallest absolute Gasteiger partial charge is 0.245 e. The fourth-order valence-corrected chi connectivity index (χ4v) is 3.43. The van der Waals surface area contributed by atoms with E-state index in [-0.39, 0.29) is 12.3 Å². The number of nitrogens with zero attached hydrogens (tertiary/aromatic N) is 1. The van der Waals surface area contributed by atoms with Gasteiger partial charge in [0.25, 0.3) is 0 Å². The van der Waals surface area contributed by atoms with Gasteiger partial charge in [-0.1, -0.05) is 11.6 Å². The summed E-state index contributed by atoms with van der Waals surface area (Å²) in [6, 6.07) is 11.0. The van der Waals surface area contributed by atoms with Crippen LogP contribution in [0.15, 0.2) is 42.5 Å². The molecule has 6 nitrogen and oxygen atoms in total. The number of Topliss-reactive ketones (excluding diaryl/α,β-unsaturated/α-hetero) is 1. The van der Waals surface area contributed by atoms with Crippen molar-refractivity contribution in [2.45, 2.75) is 13.8 Å². The molecule has 2 aromatic rings. The topological polar surface area (TPSA) is 83.6 Å². The lowest BCUT2D eigenvalue weighted by atomic mass is 10.1. The second-order valence-corrected chi connectivity index (χ2v) is 8.22. The highest BCUT2D eigenvalue weighted by Gasteiger charge is 2.21. The van der Waals surface area contributed by atoms with Gasteiger partial charge in [-0.3, -0.25) is 13.9 Å². The minimum Gasteiger partial charge on any atom is -0.324 e. The molecule has 0 saturated carbocycles. The quantitative estimate of drug-likeness (QED) is 0.762. The van der Waals surface area contributed by atoms with Gasteiger partial charge in [0.2, 0.25) is 15.9 Å². The zero-order valence-electron chi connectivity index (χ0n) is 14.6. The first-order chi connectivity index (χ1) is 12.1. The lowest BCUT2D eigenvalue weighted by Crippen LogP contribution is -2.37. The molecule has 1 N–H and O–H groups in total. The number of carbonyl (C=O) groups excluding carboxylic acids is 2. The van der Waals surface area contributed by atoms with Gasteiger partial charge in [0, 0.05) is 16.3 Å². The Morgan fingerprint density at radius 2 is 1.73 bits per heavy atom. The number of sulfonamides is 1. The standard InChI is InChI=1S/C18H19ClN2O4S/c1-12-10-15(19)6-9-17(12)20-18(23)11-21(26(3,24)25)16-7-4-14(5-8-16)13(2)22/h4-10H,11H2,1-3H3,(H,20,23). The van der Waals surface area contributed by atoms with Crippen LogP contribution < -0.4 is 9.62 Å². The van der Waals surface area contributed by atoms with E-state index in [4.69, 9.17) is 11.6 Å². The van der Waals surface area contributed by atoms with E-state index >= 15 is 0 Å². The van der Waals surface area contributed by atoms with Gasteiger partial charge in [-0.25, -0.2) is 8.42 Å². The van der Waals surface area contributed by atoms with E-state index in [2.05, 4.69) is 5.32 Å². The van der Waals surface area contributed by atoms with Crippen molar-refractivity contribution in [2.24, 2.45) is 0 Å². The Hall–Kier alpha value is -2.38. The number of carbonyl (C=O) groups is 2. The van der Waals surface area contributed by atoms with E-state index in [1.807, 2.05) is 0 Å². The molecule has 8 heteroatoms.